The standard InChI is InChI=1S/C20H23ClN2O2.ClH/c21-18-11-17(16-6-2-1-3-7-16)8-9-19(18)25-14-20(24)23-13-15-5-4-10-22-12-15;/h1-3,6-9,11,15,22H,4-5,10,12-14H2,(H,23,24);1H. The van der Waals surface area contributed by atoms with Crippen LogP contribution in [0.4, 0.5) is 0 Å². The molecule has 0 aliphatic carbocycles. The van der Waals surface area contributed by atoms with Gasteiger partial charge in [-0.05, 0) is 55.1 Å². The summed E-state index contributed by atoms with van der Waals surface area (Å²) in [6.07, 6.45) is 2.32. The van der Waals surface area contributed by atoms with Crippen LogP contribution in [0.5, 0.6) is 5.75 Å². The lowest BCUT2D eigenvalue weighted by Crippen LogP contribution is -2.39. The summed E-state index contributed by atoms with van der Waals surface area (Å²) in [6.45, 7) is 2.71. The lowest BCUT2D eigenvalue weighted by atomic mass is 10.00. The zero-order valence-electron chi connectivity index (χ0n) is 14.5. The van der Waals surface area contributed by atoms with E-state index in [-0.39, 0.29) is 24.9 Å². The van der Waals surface area contributed by atoms with Gasteiger partial charge in [0.15, 0.2) is 6.61 Å². The normalized spacial score (nSPS) is 16.4. The zero-order chi connectivity index (χ0) is 17.5. The third kappa shape index (κ3) is 5.90. The zero-order valence-corrected chi connectivity index (χ0v) is 16.1. The van der Waals surface area contributed by atoms with Crippen LogP contribution in [-0.2, 0) is 4.79 Å². The number of carbonyl (C=O) groups is 1. The monoisotopic (exact) mass is 394 g/mol. The molecule has 3 rings (SSSR count). The number of piperidine rings is 1. The lowest BCUT2D eigenvalue weighted by Gasteiger charge is -2.22. The Balaban J connectivity index is 0.00000243. The van der Waals surface area contributed by atoms with Crippen LogP contribution in [0.2, 0.25) is 5.02 Å². The molecule has 1 aliphatic heterocycles. The fourth-order valence-corrected chi connectivity index (χ4v) is 3.21. The molecule has 1 atom stereocenters. The van der Waals surface area contributed by atoms with Crippen molar-refractivity contribution in [2.24, 2.45) is 5.92 Å². The van der Waals surface area contributed by atoms with Crippen molar-refractivity contribution in [1.29, 1.82) is 0 Å². The van der Waals surface area contributed by atoms with Gasteiger partial charge in [-0.25, -0.2) is 0 Å². The molecule has 26 heavy (non-hydrogen) atoms. The second-order valence-corrected chi connectivity index (χ2v) is 6.72. The van der Waals surface area contributed by atoms with Crippen molar-refractivity contribution < 1.29 is 9.53 Å². The number of carbonyl (C=O) groups excluding carboxylic acids is 1. The number of nitrogens with one attached hydrogen (secondary N) is 2. The van der Waals surface area contributed by atoms with Crippen LogP contribution in [0.25, 0.3) is 11.1 Å². The summed E-state index contributed by atoms with van der Waals surface area (Å²) in [6, 6.07) is 15.6. The van der Waals surface area contributed by atoms with Crippen molar-refractivity contribution in [2.45, 2.75) is 12.8 Å². The number of amides is 1. The molecule has 1 heterocycles. The molecule has 1 saturated heterocycles. The van der Waals surface area contributed by atoms with Gasteiger partial charge in [0, 0.05) is 6.54 Å². The number of halogens is 2. The number of benzene rings is 2. The highest BCUT2D eigenvalue weighted by Crippen LogP contribution is 2.30. The number of ether oxygens (including phenoxy) is 1. The van der Waals surface area contributed by atoms with Gasteiger partial charge in [-0.3, -0.25) is 4.79 Å². The SMILES string of the molecule is Cl.O=C(COc1ccc(-c2ccccc2)cc1Cl)NCC1CCCNC1. The first-order chi connectivity index (χ1) is 12.2. The van der Waals surface area contributed by atoms with E-state index in [9.17, 15) is 4.79 Å². The minimum atomic E-state index is -0.117. The predicted molar refractivity (Wildman–Crippen MR) is 108 cm³/mol. The highest BCUT2D eigenvalue weighted by atomic mass is 35.5. The number of rotatable bonds is 6. The maximum absolute atomic E-state index is 12.0. The molecular formula is C20H24Cl2N2O2. The Morgan fingerprint density at radius 3 is 2.69 bits per heavy atom. The molecule has 1 aliphatic rings. The third-order valence-electron chi connectivity index (χ3n) is 4.38. The van der Waals surface area contributed by atoms with Crippen LogP contribution in [0.15, 0.2) is 48.5 Å². The van der Waals surface area contributed by atoms with Gasteiger partial charge in [0.2, 0.25) is 0 Å². The van der Waals surface area contributed by atoms with E-state index in [0.29, 0.717) is 23.2 Å². The van der Waals surface area contributed by atoms with Crippen LogP contribution in [0.3, 0.4) is 0 Å². The van der Waals surface area contributed by atoms with E-state index in [0.717, 1.165) is 30.6 Å². The molecule has 0 saturated carbocycles. The van der Waals surface area contributed by atoms with Crippen molar-refractivity contribution in [3.63, 3.8) is 0 Å². The van der Waals surface area contributed by atoms with Crippen molar-refractivity contribution in [1.82, 2.24) is 10.6 Å². The van der Waals surface area contributed by atoms with Gasteiger partial charge in [0.1, 0.15) is 5.75 Å². The minimum Gasteiger partial charge on any atom is -0.482 e. The Bertz CT molecular complexity index is 704. The Kier molecular flexibility index (Phi) is 8.23. The summed E-state index contributed by atoms with van der Waals surface area (Å²) < 4.78 is 5.57. The van der Waals surface area contributed by atoms with Crippen LogP contribution in [0.1, 0.15) is 12.8 Å². The van der Waals surface area contributed by atoms with E-state index in [2.05, 4.69) is 10.6 Å². The molecule has 0 aromatic heterocycles. The van der Waals surface area contributed by atoms with Crippen LogP contribution >= 0.6 is 24.0 Å². The maximum atomic E-state index is 12.0. The van der Waals surface area contributed by atoms with E-state index in [1.54, 1.807) is 0 Å². The molecule has 2 aromatic carbocycles. The molecule has 4 nitrogen and oxygen atoms in total. The Morgan fingerprint density at radius 1 is 1.19 bits per heavy atom. The number of hydrogen-bond acceptors (Lipinski definition) is 3. The van der Waals surface area contributed by atoms with Gasteiger partial charge in [-0.15, -0.1) is 12.4 Å². The highest BCUT2D eigenvalue weighted by Gasteiger charge is 2.14. The summed E-state index contributed by atoms with van der Waals surface area (Å²) in [5.41, 5.74) is 2.11. The van der Waals surface area contributed by atoms with E-state index in [1.807, 2.05) is 48.5 Å². The van der Waals surface area contributed by atoms with E-state index in [4.69, 9.17) is 16.3 Å². The van der Waals surface area contributed by atoms with Gasteiger partial charge in [0.25, 0.3) is 5.91 Å². The van der Waals surface area contributed by atoms with Crippen molar-refractivity contribution >= 4 is 29.9 Å². The van der Waals surface area contributed by atoms with E-state index in [1.165, 1.54) is 6.42 Å². The Hall–Kier alpha value is -1.75. The van der Waals surface area contributed by atoms with E-state index < -0.39 is 0 Å². The maximum Gasteiger partial charge on any atom is 0.257 e. The largest absolute Gasteiger partial charge is 0.482 e. The summed E-state index contributed by atoms with van der Waals surface area (Å²) in [5, 5.41) is 6.78. The molecule has 1 unspecified atom stereocenters. The molecule has 0 radical (unpaired) electrons. The van der Waals surface area contributed by atoms with Crippen LogP contribution in [-0.4, -0.2) is 32.1 Å². The predicted octanol–water partition coefficient (Wildman–Crippen LogP) is 3.92. The van der Waals surface area contributed by atoms with Gasteiger partial charge >= 0.3 is 0 Å². The molecule has 2 aromatic rings. The van der Waals surface area contributed by atoms with Gasteiger partial charge in [-0.1, -0.05) is 48.0 Å². The smallest absolute Gasteiger partial charge is 0.257 e. The van der Waals surface area contributed by atoms with E-state index >= 15 is 0 Å². The minimum absolute atomic E-state index is 0. The van der Waals surface area contributed by atoms with Crippen molar-refractivity contribution in [2.75, 3.05) is 26.2 Å². The van der Waals surface area contributed by atoms with Crippen LogP contribution in [0, 0.1) is 5.92 Å². The fraction of sp³-hybridized carbons (Fsp3) is 0.350. The summed E-state index contributed by atoms with van der Waals surface area (Å²) in [7, 11) is 0. The first-order valence-electron chi connectivity index (χ1n) is 8.67. The molecule has 2 N–H and O–H groups in total. The lowest BCUT2D eigenvalue weighted by molar-refractivity contribution is -0.123. The summed E-state index contributed by atoms with van der Waals surface area (Å²) >= 11 is 6.30. The Morgan fingerprint density at radius 2 is 2.00 bits per heavy atom. The second kappa shape index (κ2) is 10.4. The summed E-state index contributed by atoms with van der Waals surface area (Å²) in [4.78, 5) is 12.0. The van der Waals surface area contributed by atoms with Gasteiger partial charge < -0.3 is 15.4 Å². The number of hydrogen-bond donors (Lipinski definition) is 2. The first kappa shape index (κ1) is 20.6. The summed E-state index contributed by atoms with van der Waals surface area (Å²) in [5.74, 6) is 0.913. The molecular weight excluding hydrogens is 371 g/mol. The van der Waals surface area contributed by atoms with Gasteiger partial charge in [0.05, 0.1) is 5.02 Å². The first-order valence-corrected chi connectivity index (χ1v) is 9.05. The fourth-order valence-electron chi connectivity index (χ4n) is 2.98. The molecule has 140 valence electrons. The quantitative estimate of drug-likeness (QED) is 0.780. The highest BCUT2D eigenvalue weighted by molar-refractivity contribution is 6.32. The average Bonchev–Trinajstić information content (AvgIpc) is 2.67. The van der Waals surface area contributed by atoms with Gasteiger partial charge in [-0.2, -0.15) is 0 Å². The van der Waals surface area contributed by atoms with Crippen molar-refractivity contribution in [3.8, 4) is 16.9 Å². The molecule has 0 bridgehead atoms. The topological polar surface area (TPSA) is 50.4 Å². The Labute approximate surface area is 165 Å². The molecule has 6 heteroatoms. The third-order valence-corrected chi connectivity index (χ3v) is 4.68. The molecule has 1 fully saturated rings. The van der Waals surface area contributed by atoms with Crippen molar-refractivity contribution in [3.05, 3.63) is 53.6 Å². The second-order valence-electron chi connectivity index (χ2n) is 6.32. The molecule has 0 spiro atoms. The average molecular weight is 395 g/mol. The van der Waals surface area contributed by atoms with Crippen LogP contribution < -0.4 is 15.4 Å². The molecule has 1 amide bonds.